The van der Waals surface area contributed by atoms with Gasteiger partial charge in [-0.3, -0.25) is 14.3 Å². The quantitative estimate of drug-likeness (QED) is 0.253. The van der Waals surface area contributed by atoms with E-state index in [-0.39, 0.29) is 23.1 Å². The summed E-state index contributed by atoms with van der Waals surface area (Å²) in [4.78, 5) is 28.3. The fraction of sp³-hybridized carbons (Fsp3) is 0.421. The van der Waals surface area contributed by atoms with E-state index in [1.807, 2.05) is 0 Å². The van der Waals surface area contributed by atoms with Crippen molar-refractivity contribution >= 4 is 33.5 Å². The summed E-state index contributed by atoms with van der Waals surface area (Å²) in [6.07, 6.45) is -18.3. The summed E-state index contributed by atoms with van der Waals surface area (Å²) in [5, 5.41) is 0. The van der Waals surface area contributed by atoms with Crippen LogP contribution in [0.1, 0.15) is 23.7 Å². The molecule has 1 aromatic heterocycles. The molecule has 0 fully saturated rings. The topological polar surface area (TPSA) is 73.7 Å². The molecular formula is C19H15BrF9N3O4. The molecule has 36 heavy (non-hydrogen) atoms. The van der Waals surface area contributed by atoms with E-state index in [9.17, 15) is 49.1 Å². The normalized spacial score (nSPS) is 13.5. The maximum Gasteiger partial charge on any atom is 0.433 e. The molecule has 200 valence electrons. The first-order valence-corrected chi connectivity index (χ1v) is 10.2. The fourth-order valence-electron chi connectivity index (χ4n) is 3.02. The van der Waals surface area contributed by atoms with Gasteiger partial charge in [-0.1, -0.05) is 0 Å². The Morgan fingerprint density at radius 1 is 1.03 bits per heavy atom. The van der Waals surface area contributed by atoms with E-state index in [0.717, 1.165) is 14.2 Å². The molecule has 0 N–H and O–H groups in total. The van der Waals surface area contributed by atoms with E-state index in [0.29, 0.717) is 4.57 Å². The summed E-state index contributed by atoms with van der Waals surface area (Å²) >= 11 is 2.53. The van der Waals surface area contributed by atoms with Crippen LogP contribution in [0.3, 0.4) is 0 Å². The highest BCUT2D eigenvalue weighted by molar-refractivity contribution is 9.10. The zero-order valence-electron chi connectivity index (χ0n) is 18.3. The molecule has 0 aliphatic rings. The van der Waals surface area contributed by atoms with E-state index in [1.165, 1.54) is 6.92 Å². The van der Waals surface area contributed by atoms with Crippen molar-refractivity contribution in [3.8, 4) is 0 Å². The monoisotopic (exact) mass is 599 g/mol. The molecule has 1 heterocycles. The van der Waals surface area contributed by atoms with Crippen LogP contribution in [0, 0.1) is 0 Å². The molecule has 0 bridgehead atoms. The molecular weight excluding hydrogens is 585 g/mol. The number of alkyl halides is 9. The lowest BCUT2D eigenvalue weighted by molar-refractivity contribution is -0.151. The van der Waals surface area contributed by atoms with Gasteiger partial charge in [0.1, 0.15) is 0 Å². The number of rotatable bonds is 6. The number of methoxy groups -OCH3 is 2. The number of aromatic nitrogens is 2. The number of carbonyl (C=O) groups excluding carboxylic acids is 1. The van der Waals surface area contributed by atoms with E-state index in [1.54, 1.807) is 0 Å². The summed E-state index contributed by atoms with van der Waals surface area (Å²) in [5.41, 5.74) is -8.07. The molecule has 0 aliphatic carbocycles. The van der Waals surface area contributed by atoms with Gasteiger partial charge in [0.05, 0.1) is 28.4 Å². The predicted octanol–water partition coefficient (Wildman–Crippen LogP) is 5.37. The molecule has 7 nitrogen and oxygen atoms in total. The number of ether oxygens (including phenoxy) is 2. The summed E-state index contributed by atoms with van der Waals surface area (Å²) < 4.78 is 130. The van der Waals surface area contributed by atoms with Gasteiger partial charge in [0.25, 0.3) is 5.56 Å². The highest BCUT2D eigenvalue weighted by Gasteiger charge is 2.43. The Labute approximate surface area is 204 Å². The lowest BCUT2D eigenvalue weighted by Gasteiger charge is -2.33. The van der Waals surface area contributed by atoms with Gasteiger partial charge in [0.2, 0.25) is 12.2 Å². The highest BCUT2D eigenvalue weighted by atomic mass is 79.9. The second-order valence-corrected chi connectivity index (χ2v) is 7.65. The van der Waals surface area contributed by atoms with Crippen LogP contribution in [-0.4, -0.2) is 36.0 Å². The first kappa shape index (κ1) is 29.4. The van der Waals surface area contributed by atoms with Gasteiger partial charge in [-0.25, -0.2) is 9.78 Å². The van der Waals surface area contributed by atoms with Crippen LogP contribution < -0.4 is 10.5 Å². The Kier molecular flexibility index (Phi) is 8.39. The molecule has 0 saturated heterocycles. The van der Waals surface area contributed by atoms with E-state index in [4.69, 9.17) is 4.74 Å². The summed E-state index contributed by atoms with van der Waals surface area (Å²) in [5.74, 6) is -2.58. The number of nitrogens with zero attached hydrogens (tertiary/aromatic N) is 3. The molecule has 2 aromatic rings. The second-order valence-electron chi connectivity index (χ2n) is 6.86. The maximum atomic E-state index is 13.6. The van der Waals surface area contributed by atoms with Crippen LogP contribution >= 0.6 is 15.9 Å². The van der Waals surface area contributed by atoms with Crippen LogP contribution in [0.2, 0.25) is 0 Å². The molecule has 1 aromatic carbocycles. The van der Waals surface area contributed by atoms with Gasteiger partial charge in [0, 0.05) is 19.7 Å². The Morgan fingerprint density at radius 2 is 1.61 bits per heavy atom. The maximum absolute atomic E-state index is 13.6. The highest BCUT2D eigenvalue weighted by Crippen LogP contribution is 2.46. The third-order valence-electron chi connectivity index (χ3n) is 4.62. The van der Waals surface area contributed by atoms with E-state index >= 15 is 0 Å². The molecule has 0 radical (unpaired) electrons. The molecule has 1 atom stereocenters. The van der Waals surface area contributed by atoms with Gasteiger partial charge < -0.3 is 9.47 Å². The summed E-state index contributed by atoms with van der Waals surface area (Å²) in [6, 6.07) is -0.0354. The Balaban J connectivity index is 3.15. The van der Waals surface area contributed by atoms with Crippen molar-refractivity contribution in [1.29, 1.82) is 0 Å². The van der Waals surface area contributed by atoms with Crippen molar-refractivity contribution in [2.24, 2.45) is 0 Å². The minimum absolute atomic E-state index is 0.0768. The summed E-state index contributed by atoms with van der Waals surface area (Å²) in [6.45, 7) is 0.788. The van der Waals surface area contributed by atoms with Crippen LogP contribution in [0.25, 0.3) is 0 Å². The van der Waals surface area contributed by atoms with Gasteiger partial charge in [-0.2, -0.15) is 39.5 Å². The molecule has 0 saturated carbocycles. The van der Waals surface area contributed by atoms with Gasteiger partial charge in [0.15, 0.2) is 5.69 Å². The first-order chi connectivity index (χ1) is 16.4. The van der Waals surface area contributed by atoms with Gasteiger partial charge >= 0.3 is 24.5 Å². The zero-order chi connectivity index (χ0) is 27.8. The zero-order valence-corrected chi connectivity index (χ0v) is 19.9. The Morgan fingerprint density at radius 3 is 2.03 bits per heavy atom. The third-order valence-corrected chi connectivity index (χ3v) is 5.45. The van der Waals surface area contributed by atoms with Crippen molar-refractivity contribution in [3.63, 3.8) is 0 Å². The van der Waals surface area contributed by atoms with Crippen molar-refractivity contribution in [3.05, 3.63) is 49.8 Å². The van der Waals surface area contributed by atoms with Crippen molar-refractivity contribution < 1.29 is 53.8 Å². The average Bonchev–Trinajstić information content (AvgIpc) is 2.74. The van der Waals surface area contributed by atoms with Crippen molar-refractivity contribution in [1.82, 2.24) is 9.55 Å². The van der Waals surface area contributed by atoms with Crippen LogP contribution in [-0.2, 0) is 39.3 Å². The lowest BCUT2D eigenvalue weighted by Crippen LogP contribution is -2.44. The first-order valence-electron chi connectivity index (χ1n) is 9.45. The fourth-order valence-corrected chi connectivity index (χ4v) is 3.67. The number of carbonyl (C=O) groups is 1. The van der Waals surface area contributed by atoms with Gasteiger partial charge in [-0.05, 0) is 35.0 Å². The van der Waals surface area contributed by atoms with Crippen molar-refractivity contribution in [2.75, 3.05) is 19.1 Å². The molecule has 1 unspecified atom stereocenters. The molecule has 0 aliphatic heterocycles. The van der Waals surface area contributed by atoms with E-state index < -0.39 is 75.8 Å². The predicted molar refractivity (Wildman–Crippen MR) is 108 cm³/mol. The van der Waals surface area contributed by atoms with E-state index in [2.05, 4.69) is 25.7 Å². The smallest absolute Gasteiger partial charge is 0.433 e. The second kappa shape index (κ2) is 10.3. The third kappa shape index (κ3) is 5.93. The molecule has 0 spiro atoms. The van der Waals surface area contributed by atoms with Crippen LogP contribution in [0.15, 0.2) is 27.5 Å². The largest absolute Gasteiger partial charge is 0.466 e. The molecule has 2 rings (SSSR count). The van der Waals surface area contributed by atoms with Crippen LogP contribution in [0.5, 0.6) is 0 Å². The SMILES string of the molecule is CCn1c(N(c2cc(C(F)(F)F)cc(C(F)(F)F)c2Br)C(OC)C(=O)OC)nc(C(F)(F)F)cc1=O. The minimum Gasteiger partial charge on any atom is -0.466 e. The average molecular weight is 600 g/mol. The number of halogens is 10. The Hall–Kier alpha value is -2.82. The number of hydrogen-bond donors (Lipinski definition) is 0. The summed E-state index contributed by atoms with van der Waals surface area (Å²) in [7, 11) is 1.56. The van der Waals surface area contributed by atoms with Crippen molar-refractivity contribution in [2.45, 2.75) is 38.2 Å². The number of hydrogen-bond acceptors (Lipinski definition) is 6. The van der Waals surface area contributed by atoms with Gasteiger partial charge in [-0.15, -0.1) is 0 Å². The minimum atomic E-state index is -5.39. The number of benzene rings is 1. The standard InChI is InChI=1S/C19H15BrF9N3O4/c1-4-31-12(33)7-11(19(27,28)29)30-16(31)32(14(35-2)15(34)36-3)10-6-8(17(21,22)23)5-9(13(10)20)18(24,25)26/h5-7,14H,4H2,1-3H3. The molecule has 0 amide bonds. The Bertz CT molecular complexity index is 1190. The lowest BCUT2D eigenvalue weighted by atomic mass is 10.1. The van der Waals surface area contributed by atoms with Crippen LogP contribution in [0.4, 0.5) is 51.1 Å². The molecule has 17 heteroatoms. The number of esters is 1. The number of anilines is 2.